The van der Waals surface area contributed by atoms with Gasteiger partial charge >= 0.3 is 0 Å². The van der Waals surface area contributed by atoms with Crippen LogP contribution < -0.4 is 15.8 Å². The first-order valence-corrected chi connectivity index (χ1v) is 5.54. The lowest BCUT2D eigenvalue weighted by molar-refractivity contribution is 0.0946. The third kappa shape index (κ3) is 2.82. The fourth-order valence-corrected chi connectivity index (χ4v) is 1.60. The Hall–Kier alpha value is -2.43. The van der Waals surface area contributed by atoms with Crippen LogP contribution in [0.4, 0.5) is 5.69 Å². The summed E-state index contributed by atoms with van der Waals surface area (Å²) >= 11 is 0. The van der Waals surface area contributed by atoms with Crippen molar-refractivity contribution in [3.05, 3.63) is 47.8 Å². The number of amides is 1. The maximum atomic E-state index is 11.8. The van der Waals surface area contributed by atoms with Crippen LogP contribution in [0.2, 0.25) is 0 Å². The van der Waals surface area contributed by atoms with E-state index in [4.69, 9.17) is 10.5 Å². The second-order valence-electron chi connectivity index (χ2n) is 3.88. The van der Waals surface area contributed by atoms with Crippen molar-refractivity contribution in [3.8, 4) is 5.75 Å². The molecule has 0 radical (unpaired) electrons. The second kappa shape index (κ2) is 5.27. The van der Waals surface area contributed by atoms with Crippen LogP contribution in [0.15, 0.2) is 36.5 Å². The zero-order valence-corrected chi connectivity index (χ0v) is 10.1. The molecule has 5 nitrogen and oxygen atoms in total. The molecule has 5 heteroatoms. The molecule has 0 saturated heterocycles. The summed E-state index contributed by atoms with van der Waals surface area (Å²) in [6, 6.07) is 9.14. The van der Waals surface area contributed by atoms with Gasteiger partial charge in [0.25, 0.3) is 5.91 Å². The number of benzene rings is 1. The molecule has 0 unspecified atom stereocenters. The summed E-state index contributed by atoms with van der Waals surface area (Å²) in [6.45, 7) is 0.439. The number of hydrogen-bond acceptors (Lipinski definition) is 3. The molecule has 0 aliphatic rings. The molecule has 1 aromatic heterocycles. The molecule has 0 saturated carbocycles. The Balaban J connectivity index is 1.97. The van der Waals surface area contributed by atoms with Crippen LogP contribution in [0.25, 0.3) is 0 Å². The largest absolute Gasteiger partial charge is 0.497 e. The van der Waals surface area contributed by atoms with Crippen LogP contribution in [0.1, 0.15) is 16.1 Å². The van der Waals surface area contributed by atoms with Gasteiger partial charge in [-0.3, -0.25) is 4.79 Å². The van der Waals surface area contributed by atoms with E-state index in [1.165, 1.54) is 0 Å². The molecule has 94 valence electrons. The number of nitrogens with one attached hydrogen (secondary N) is 2. The van der Waals surface area contributed by atoms with E-state index in [0.717, 1.165) is 11.3 Å². The molecule has 0 fully saturated rings. The van der Waals surface area contributed by atoms with Crippen molar-refractivity contribution >= 4 is 11.6 Å². The number of methoxy groups -OCH3 is 1. The molecule has 2 rings (SSSR count). The Morgan fingerprint density at radius 2 is 2.28 bits per heavy atom. The molecule has 4 N–H and O–H groups in total. The normalized spacial score (nSPS) is 10.1. The van der Waals surface area contributed by atoms with Gasteiger partial charge in [-0.15, -0.1) is 0 Å². The van der Waals surface area contributed by atoms with Crippen molar-refractivity contribution < 1.29 is 9.53 Å². The first-order valence-electron chi connectivity index (χ1n) is 5.54. The van der Waals surface area contributed by atoms with Crippen molar-refractivity contribution in [2.45, 2.75) is 6.54 Å². The number of aromatic amines is 1. The van der Waals surface area contributed by atoms with E-state index < -0.39 is 0 Å². The van der Waals surface area contributed by atoms with E-state index in [2.05, 4.69) is 10.3 Å². The Morgan fingerprint density at radius 1 is 1.44 bits per heavy atom. The molecular weight excluding hydrogens is 230 g/mol. The molecule has 0 bridgehead atoms. The van der Waals surface area contributed by atoms with E-state index in [1.807, 2.05) is 24.3 Å². The molecule has 2 aromatic rings. The van der Waals surface area contributed by atoms with Crippen LogP contribution in [0, 0.1) is 0 Å². The molecule has 1 heterocycles. The number of aromatic nitrogens is 1. The van der Waals surface area contributed by atoms with Gasteiger partial charge in [0.1, 0.15) is 11.4 Å². The van der Waals surface area contributed by atoms with Gasteiger partial charge in [-0.25, -0.2) is 0 Å². The lowest BCUT2D eigenvalue weighted by Crippen LogP contribution is -2.23. The maximum Gasteiger partial charge on any atom is 0.268 e. The highest BCUT2D eigenvalue weighted by Gasteiger charge is 2.07. The Kier molecular flexibility index (Phi) is 3.52. The van der Waals surface area contributed by atoms with Gasteiger partial charge in [0, 0.05) is 18.4 Å². The van der Waals surface area contributed by atoms with E-state index >= 15 is 0 Å². The summed E-state index contributed by atoms with van der Waals surface area (Å²) in [5, 5.41) is 2.80. The van der Waals surface area contributed by atoms with E-state index in [0.29, 0.717) is 17.9 Å². The zero-order chi connectivity index (χ0) is 13.0. The van der Waals surface area contributed by atoms with E-state index in [1.54, 1.807) is 19.4 Å². The van der Waals surface area contributed by atoms with Gasteiger partial charge in [0.05, 0.1) is 7.11 Å². The fourth-order valence-electron chi connectivity index (χ4n) is 1.60. The number of rotatable bonds is 4. The molecule has 0 aliphatic heterocycles. The number of carbonyl (C=O) groups is 1. The number of nitrogen functional groups attached to an aromatic ring is 1. The Morgan fingerprint density at radius 3 is 2.94 bits per heavy atom. The molecule has 18 heavy (non-hydrogen) atoms. The third-order valence-electron chi connectivity index (χ3n) is 2.54. The molecule has 1 aromatic carbocycles. The minimum Gasteiger partial charge on any atom is -0.497 e. The SMILES string of the molecule is COc1cccc(CNC(=O)c2cc(N)c[nH]2)c1. The summed E-state index contributed by atoms with van der Waals surface area (Å²) < 4.78 is 5.11. The lowest BCUT2D eigenvalue weighted by atomic mass is 10.2. The molecule has 0 spiro atoms. The first kappa shape index (κ1) is 12.0. The molecule has 0 atom stereocenters. The standard InChI is InChI=1S/C13H15N3O2/c1-18-11-4-2-3-9(5-11)7-16-13(17)12-6-10(14)8-15-12/h2-6,8,15H,7,14H2,1H3,(H,16,17). The predicted octanol–water partition coefficient (Wildman–Crippen LogP) is 1.54. The average molecular weight is 245 g/mol. The number of ether oxygens (including phenoxy) is 1. The predicted molar refractivity (Wildman–Crippen MR) is 69.4 cm³/mol. The minimum atomic E-state index is -0.186. The molecule has 1 amide bonds. The van der Waals surface area contributed by atoms with Crippen LogP contribution >= 0.6 is 0 Å². The summed E-state index contributed by atoms with van der Waals surface area (Å²) in [7, 11) is 1.61. The maximum absolute atomic E-state index is 11.8. The lowest BCUT2D eigenvalue weighted by Gasteiger charge is -2.06. The van der Waals surface area contributed by atoms with Gasteiger partial charge in [-0.1, -0.05) is 12.1 Å². The third-order valence-corrected chi connectivity index (χ3v) is 2.54. The summed E-state index contributed by atoms with van der Waals surface area (Å²) in [6.07, 6.45) is 1.58. The quantitative estimate of drug-likeness (QED) is 0.764. The number of H-pyrrole nitrogens is 1. The van der Waals surface area contributed by atoms with Crippen molar-refractivity contribution in [3.63, 3.8) is 0 Å². The zero-order valence-electron chi connectivity index (χ0n) is 10.1. The average Bonchev–Trinajstić information content (AvgIpc) is 2.83. The van der Waals surface area contributed by atoms with Crippen molar-refractivity contribution in [1.82, 2.24) is 10.3 Å². The summed E-state index contributed by atoms with van der Waals surface area (Å²) in [5.74, 6) is 0.584. The smallest absolute Gasteiger partial charge is 0.268 e. The second-order valence-corrected chi connectivity index (χ2v) is 3.88. The van der Waals surface area contributed by atoms with E-state index in [-0.39, 0.29) is 5.91 Å². The van der Waals surface area contributed by atoms with Crippen molar-refractivity contribution in [1.29, 1.82) is 0 Å². The van der Waals surface area contributed by atoms with Gasteiger partial charge in [-0.05, 0) is 23.8 Å². The highest BCUT2D eigenvalue weighted by Crippen LogP contribution is 2.12. The fraction of sp³-hybridized carbons (Fsp3) is 0.154. The van der Waals surface area contributed by atoms with Crippen molar-refractivity contribution in [2.24, 2.45) is 0 Å². The van der Waals surface area contributed by atoms with Gasteiger partial charge in [0.15, 0.2) is 0 Å². The summed E-state index contributed by atoms with van der Waals surface area (Å²) in [5.41, 5.74) is 7.51. The van der Waals surface area contributed by atoms with Crippen LogP contribution in [-0.2, 0) is 6.54 Å². The Labute approximate surface area is 105 Å². The monoisotopic (exact) mass is 245 g/mol. The van der Waals surface area contributed by atoms with Crippen LogP contribution in [0.5, 0.6) is 5.75 Å². The minimum absolute atomic E-state index is 0.186. The number of nitrogens with two attached hydrogens (primary N) is 1. The van der Waals surface area contributed by atoms with Crippen LogP contribution in [0.3, 0.4) is 0 Å². The highest BCUT2D eigenvalue weighted by molar-refractivity contribution is 5.93. The molecular formula is C13H15N3O2. The van der Waals surface area contributed by atoms with Gasteiger partial charge < -0.3 is 20.8 Å². The van der Waals surface area contributed by atoms with Crippen molar-refractivity contribution in [2.75, 3.05) is 12.8 Å². The number of carbonyl (C=O) groups excluding carboxylic acids is 1. The van der Waals surface area contributed by atoms with Crippen LogP contribution in [-0.4, -0.2) is 18.0 Å². The van der Waals surface area contributed by atoms with E-state index in [9.17, 15) is 4.79 Å². The topological polar surface area (TPSA) is 80.1 Å². The van der Waals surface area contributed by atoms with Gasteiger partial charge in [0.2, 0.25) is 0 Å². The molecule has 0 aliphatic carbocycles. The Bertz CT molecular complexity index is 549. The summed E-state index contributed by atoms with van der Waals surface area (Å²) in [4.78, 5) is 14.6. The van der Waals surface area contributed by atoms with Gasteiger partial charge in [-0.2, -0.15) is 0 Å². The number of hydrogen-bond donors (Lipinski definition) is 3. The first-order chi connectivity index (χ1) is 8.69. The number of anilines is 1. The highest BCUT2D eigenvalue weighted by atomic mass is 16.5.